The Morgan fingerprint density at radius 3 is 2.65 bits per heavy atom. The molecule has 0 spiro atoms. The van der Waals surface area contributed by atoms with Gasteiger partial charge in [0.25, 0.3) is 0 Å². The molecule has 0 bridgehead atoms. The van der Waals surface area contributed by atoms with E-state index in [9.17, 15) is 0 Å². The highest BCUT2D eigenvalue weighted by molar-refractivity contribution is 6.31. The van der Waals surface area contributed by atoms with Gasteiger partial charge in [0.15, 0.2) is 0 Å². The molecule has 0 amide bonds. The quantitative estimate of drug-likeness (QED) is 0.726. The number of fused-ring (bicyclic) bond motifs is 1. The molecule has 3 rings (SSSR count). The molecule has 3 aromatic rings. The second-order valence-electron chi connectivity index (χ2n) is 4.77. The molecule has 0 aliphatic carbocycles. The minimum absolute atomic E-state index is 0.122. The van der Waals surface area contributed by atoms with Crippen molar-refractivity contribution in [3.8, 4) is 0 Å². The van der Waals surface area contributed by atoms with Crippen molar-refractivity contribution >= 4 is 28.2 Å². The first-order valence-corrected chi connectivity index (χ1v) is 6.98. The van der Waals surface area contributed by atoms with Gasteiger partial charge in [0, 0.05) is 16.6 Å². The summed E-state index contributed by atoms with van der Waals surface area (Å²) in [6.07, 6.45) is 1.81. The van der Waals surface area contributed by atoms with Crippen LogP contribution in [-0.2, 0) is 0 Å². The van der Waals surface area contributed by atoms with Crippen molar-refractivity contribution in [3.05, 3.63) is 71.4 Å². The molecule has 0 radical (unpaired) electrons. The van der Waals surface area contributed by atoms with Crippen LogP contribution in [0.2, 0.25) is 5.02 Å². The van der Waals surface area contributed by atoms with E-state index in [1.54, 1.807) is 0 Å². The van der Waals surface area contributed by atoms with Gasteiger partial charge < -0.3 is 5.32 Å². The van der Waals surface area contributed by atoms with Crippen LogP contribution in [0.5, 0.6) is 0 Å². The third-order valence-electron chi connectivity index (χ3n) is 3.38. The lowest BCUT2D eigenvalue weighted by Crippen LogP contribution is -2.07. The number of benzene rings is 2. The molecule has 1 N–H and O–H groups in total. The maximum atomic E-state index is 6.25. The Labute approximate surface area is 123 Å². The Morgan fingerprint density at radius 1 is 1.00 bits per heavy atom. The van der Waals surface area contributed by atoms with E-state index in [0.717, 1.165) is 27.2 Å². The number of rotatable bonds is 3. The highest BCUT2D eigenvalue weighted by Gasteiger charge is 2.10. The molecule has 1 unspecified atom stereocenters. The van der Waals surface area contributed by atoms with Crippen LogP contribution >= 0.6 is 11.6 Å². The fraction of sp³-hybridized carbons (Fsp3) is 0.118. The van der Waals surface area contributed by atoms with E-state index in [1.807, 2.05) is 48.7 Å². The van der Waals surface area contributed by atoms with Crippen LogP contribution in [-0.4, -0.2) is 4.98 Å². The Kier molecular flexibility index (Phi) is 3.57. The smallest absolute Gasteiger partial charge is 0.0933 e. The molecule has 1 atom stereocenters. The molecule has 0 saturated carbocycles. The van der Waals surface area contributed by atoms with Crippen molar-refractivity contribution in [2.75, 3.05) is 5.32 Å². The number of anilines is 1. The number of para-hydroxylation sites is 1. The number of halogens is 1. The topological polar surface area (TPSA) is 24.9 Å². The van der Waals surface area contributed by atoms with E-state index in [1.165, 1.54) is 0 Å². The first kappa shape index (κ1) is 12.9. The highest BCUT2D eigenvalue weighted by Crippen LogP contribution is 2.28. The van der Waals surface area contributed by atoms with Gasteiger partial charge in [-0.05, 0) is 30.7 Å². The second kappa shape index (κ2) is 5.51. The van der Waals surface area contributed by atoms with Gasteiger partial charge in [-0.25, -0.2) is 0 Å². The average molecular weight is 283 g/mol. The van der Waals surface area contributed by atoms with E-state index in [2.05, 4.69) is 29.4 Å². The SMILES string of the molecule is CC(Nc1cccc2cccnc12)c1ccccc1Cl. The van der Waals surface area contributed by atoms with Gasteiger partial charge in [-0.3, -0.25) is 4.98 Å². The van der Waals surface area contributed by atoms with Crippen LogP contribution in [0, 0.1) is 0 Å². The van der Waals surface area contributed by atoms with Crippen LogP contribution in [0.3, 0.4) is 0 Å². The van der Waals surface area contributed by atoms with E-state index in [4.69, 9.17) is 11.6 Å². The van der Waals surface area contributed by atoms with Gasteiger partial charge in [0.05, 0.1) is 17.2 Å². The minimum Gasteiger partial charge on any atom is -0.377 e. The Hall–Kier alpha value is -2.06. The largest absolute Gasteiger partial charge is 0.377 e. The van der Waals surface area contributed by atoms with Crippen LogP contribution in [0.15, 0.2) is 60.8 Å². The van der Waals surface area contributed by atoms with Gasteiger partial charge in [0.2, 0.25) is 0 Å². The number of hydrogen-bond acceptors (Lipinski definition) is 2. The number of nitrogens with zero attached hydrogens (tertiary/aromatic N) is 1. The van der Waals surface area contributed by atoms with E-state index in [0.29, 0.717) is 0 Å². The molecule has 0 aliphatic rings. The fourth-order valence-corrected chi connectivity index (χ4v) is 2.66. The third-order valence-corrected chi connectivity index (χ3v) is 3.72. The summed E-state index contributed by atoms with van der Waals surface area (Å²) in [4.78, 5) is 4.45. The normalized spacial score (nSPS) is 12.3. The summed E-state index contributed by atoms with van der Waals surface area (Å²) in [6.45, 7) is 2.10. The number of nitrogens with one attached hydrogen (secondary N) is 1. The summed E-state index contributed by atoms with van der Waals surface area (Å²) in [7, 11) is 0. The summed E-state index contributed by atoms with van der Waals surface area (Å²) in [5.74, 6) is 0. The third kappa shape index (κ3) is 2.47. The maximum absolute atomic E-state index is 6.25. The number of aromatic nitrogens is 1. The summed E-state index contributed by atoms with van der Waals surface area (Å²) in [6, 6.07) is 18.2. The van der Waals surface area contributed by atoms with Gasteiger partial charge in [-0.2, -0.15) is 0 Å². The molecular weight excluding hydrogens is 268 g/mol. The van der Waals surface area contributed by atoms with Crippen LogP contribution in [0.1, 0.15) is 18.5 Å². The Balaban J connectivity index is 1.96. The molecule has 100 valence electrons. The predicted molar refractivity (Wildman–Crippen MR) is 85.2 cm³/mol. The second-order valence-corrected chi connectivity index (χ2v) is 5.18. The van der Waals surface area contributed by atoms with E-state index in [-0.39, 0.29) is 6.04 Å². The predicted octanol–water partition coefficient (Wildman–Crippen LogP) is 5.06. The summed E-state index contributed by atoms with van der Waals surface area (Å²) in [5.41, 5.74) is 3.09. The molecule has 2 nitrogen and oxygen atoms in total. The van der Waals surface area contributed by atoms with Crippen molar-refractivity contribution in [1.82, 2.24) is 4.98 Å². The summed E-state index contributed by atoms with van der Waals surface area (Å²) >= 11 is 6.25. The Bertz CT molecular complexity index is 734. The lowest BCUT2D eigenvalue weighted by Gasteiger charge is -2.18. The van der Waals surface area contributed by atoms with Crippen molar-refractivity contribution in [1.29, 1.82) is 0 Å². The molecule has 0 aliphatic heterocycles. The monoisotopic (exact) mass is 282 g/mol. The van der Waals surface area contributed by atoms with Gasteiger partial charge >= 0.3 is 0 Å². The zero-order valence-corrected chi connectivity index (χ0v) is 11.9. The minimum atomic E-state index is 0.122. The van der Waals surface area contributed by atoms with Gasteiger partial charge in [0.1, 0.15) is 0 Å². The number of pyridine rings is 1. The standard InChI is InChI=1S/C17H15ClN2/c1-12(14-8-2-3-9-15(14)18)20-16-10-4-6-13-7-5-11-19-17(13)16/h2-12,20H,1H3. The molecule has 1 aromatic heterocycles. The zero-order chi connectivity index (χ0) is 13.9. The summed E-state index contributed by atoms with van der Waals surface area (Å²) in [5, 5.41) is 5.40. The molecule has 1 heterocycles. The number of hydrogen-bond donors (Lipinski definition) is 1. The zero-order valence-electron chi connectivity index (χ0n) is 11.2. The van der Waals surface area contributed by atoms with Crippen molar-refractivity contribution in [2.24, 2.45) is 0 Å². The highest BCUT2D eigenvalue weighted by atomic mass is 35.5. The van der Waals surface area contributed by atoms with Crippen molar-refractivity contribution in [3.63, 3.8) is 0 Å². The van der Waals surface area contributed by atoms with Crippen LogP contribution in [0.4, 0.5) is 5.69 Å². The first-order chi connectivity index (χ1) is 9.75. The Morgan fingerprint density at radius 2 is 1.80 bits per heavy atom. The van der Waals surface area contributed by atoms with E-state index >= 15 is 0 Å². The lowest BCUT2D eigenvalue weighted by molar-refractivity contribution is 0.886. The van der Waals surface area contributed by atoms with Gasteiger partial charge in [-0.1, -0.05) is 48.0 Å². The molecule has 2 aromatic carbocycles. The van der Waals surface area contributed by atoms with E-state index < -0.39 is 0 Å². The molecule has 0 fully saturated rings. The van der Waals surface area contributed by atoms with Gasteiger partial charge in [-0.15, -0.1) is 0 Å². The summed E-state index contributed by atoms with van der Waals surface area (Å²) < 4.78 is 0. The molecule has 3 heteroatoms. The molecule has 0 saturated heterocycles. The molecular formula is C17H15ClN2. The fourth-order valence-electron chi connectivity index (χ4n) is 2.36. The molecule has 20 heavy (non-hydrogen) atoms. The van der Waals surface area contributed by atoms with Crippen molar-refractivity contribution < 1.29 is 0 Å². The lowest BCUT2D eigenvalue weighted by atomic mass is 10.1. The first-order valence-electron chi connectivity index (χ1n) is 6.60. The van der Waals surface area contributed by atoms with Crippen LogP contribution in [0.25, 0.3) is 10.9 Å². The maximum Gasteiger partial charge on any atom is 0.0933 e. The average Bonchev–Trinajstić information content (AvgIpc) is 2.48. The van der Waals surface area contributed by atoms with Crippen molar-refractivity contribution in [2.45, 2.75) is 13.0 Å². The van der Waals surface area contributed by atoms with Crippen LogP contribution < -0.4 is 5.32 Å².